The molecule has 0 saturated heterocycles. The fraction of sp³-hybridized carbons (Fsp3) is 0.818. The summed E-state index contributed by atoms with van der Waals surface area (Å²) in [5.74, 6) is -24.3. The molecule has 0 aliphatic rings. The minimum Gasteiger partial charge on any atom is -0.225 e. The maximum atomic E-state index is 14.2. The number of hydrogen-bond acceptors (Lipinski definition) is 0. The Morgan fingerprint density at radius 3 is 0.818 bits per heavy atom. The highest BCUT2D eigenvalue weighted by molar-refractivity contribution is 5.34. The molecule has 0 aromatic carbocycles. The number of halogens is 22. The van der Waals surface area contributed by atoms with Crippen LogP contribution in [0.4, 0.5) is 96.6 Å². The summed E-state index contributed by atoms with van der Waals surface area (Å²) >= 11 is 0. The van der Waals surface area contributed by atoms with Crippen molar-refractivity contribution in [3.8, 4) is 0 Å². The highest BCUT2D eigenvalue weighted by Gasteiger charge is 2.99. The molecule has 0 bridgehead atoms. The van der Waals surface area contributed by atoms with Crippen LogP contribution in [-0.4, -0.2) is 54.1 Å². The quantitative estimate of drug-likeness (QED) is 0.315. The van der Waals surface area contributed by atoms with Gasteiger partial charge in [-0.15, -0.1) is 0 Å². The minimum absolute atomic E-state index is 5.65. The van der Waals surface area contributed by atoms with Gasteiger partial charge in [0.1, 0.15) is 0 Å². The lowest BCUT2D eigenvalue weighted by atomic mass is 9.73. The fourth-order valence-corrected chi connectivity index (χ4v) is 2.09. The van der Waals surface area contributed by atoms with Crippen molar-refractivity contribution in [2.75, 3.05) is 0 Å². The number of hydrogen-bond donors (Lipinski definition) is 0. The molecule has 198 valence electrons. The number of allylic oxidation sites excluding steroid dienone is 2. The second-order valence-corrected chi connectivity index (χ2v) is 5.64. The molecule has 1 atom stereocenters. The van der Waals surface area contributed by atoms with Crippen LogP contribution in [0.3, 0.4) is 0 Å². The van der Waals surface area contributed by atoms with Crippen molar-refractivity contribution in [2.45, 2.75) is 54.1 Å². The summed E-state index contributed by atoms with van der Waals surface area (Å²) in [6.45, 7) is 0. The van der Waals surface area contributed by atoms with Crippen LogP contribution in [0.5, 0.6) is 0 Å². The van der Waals surface area contributed by atoms with Crippen molar-refractivity contribution >= 4 is 0 Å². The zero-order valence-corrected chi connectivity index (χ0v) is 13.8. The van der Waals surface area contributed by atoms with Crippen molar-refractivity contribution in [1.82, 2.24) is 0 Å². The summed E-state index contributed by atoms with van der Waals surface area (Å²) in [5, 5.41) is 0. The Bertz CT molecular complexity index is 718. The largest absolute Gasteiger partial charge is 0.457 e. The van der Waals surface area contributed by atoms with Crippen LogP contribution in [0.25, 0.3) is 0 Å². The molecular weight excluding hydrogens is 550 g/mol. The summed E-state index contributed by atoms with van der Waals surface area (Å²) in [6.07, 6.45) is -41.5. The van der Waals surface area contributed by atoms with E-state index in [0.717, 1.165) is 0 Å². The van der Waals surface area contributed by atoms with Gasteiger partial charge >= 0.3 is 54.1 Å². The van der Waals surface area contributed by atoms with Gasteiger partial charge in [-0.1, -0.05) is 0 Å². The molecule has 0 nitrogen and oxygen atoms in total. The zero-order chi connectivity index (χ0) is 27.7. The molecule has 0 aliphatic heterocycles. The molecule has 0 aliphatic carbocycles. The lowest BCUT2D eigenvalue weighted by Crippen LogP contribution is -2.80. The second kappa shape index (κ2) is 7.60. The Balaban J connectivity index is 8.24. The van der Waals surface area contributed by atoms with Crippen molar-refractivity contribution in [2.24, 2.45) is 0 Å². The van der Waals surface area contributed by atoms with E-state index in [1.165, 1.54) is 0 Å². The molecule has 0 aromatic rings. The van der Waals surface area contributed by atoms with E-state index in [0.29, 0.717) is 0 Å². The highest BCUT2D eigenvalue weighted by atomic mass is 19.4. The maximum Gasteiger partial charge on any atom is 0.457 e. The topological polar surface area (TPSA) is 0 Å². The SMILES string of the molecule is FC(=C(C(F)(F)F)C(F)(F)F)C(F)(F)C(F)(C(F)(F)C(F)(F)F)C(F)(C(F)(F)F)C(F)(F)F. The van der Waals surface area contributed by atoms with Crippen LogP contribution in [0, 0.1) is 0 Å². The molecule has 0 radical (unpaired) electrons. The van der Waals surface area contributed by atoms with E-state index in [1.807, 2.05) is 0 Å². The van der Waals surface area contributed by atoms with Crippen LogP contribution in [0.2, 0.25) is 0 Å². The van der Waals surface area contributed by atoms with E-state index in [9.17, 15) is 96.6 Å². The third-order valence-electron chi connectivity index (χ3n) is 3.54. The molecule has 0 amide bonds. The average Bonchev–Trinajstić information content (AvgIpc) is 2.46. The smallest absolute Gasteiger partial charge is 0.225 e. The molecule has 0 fully saturated rings. The Morgan fingerprint density at radius 2 is 0.636 bits per heavy atom. The fourth-order valence-electron chi connectivity index (χ4n) is 2.09. The summed E-state index contributed by atoms with van der Waals surface area (Å²) < 4.78 is 281. The first kappa shape index (κ1) is 31.2. The molecule has 0 N–H and O–H groups in total. The van der Waals surface area contributed by atoms with Gasteiger partial charge in [0, 0.05) is 0 Å². The second-order valence-electron chi connectivity index (χ2n) is 5.64. The first-order valence-corrected chi connectivity index (χ1v) is 6.66. The Morgan fingerprint density at radius 1 is 0.364 bits per heavy atom. The predicted octanol–water partition coefficient (Wildman–Crippen LogP) is 7.71. The molecule has 0 saturated carbocycles. The molecule has 0 rings (SSSR count). The highest BCUT2D eigenvalue weighted by Crippen LogP contribution is 2.68. The lowest BCUT2D eigenvalue weighted by Gasteiger charge is -2.47. The van der Waals surface area contributed by atoms with Crippen LogP contribution in [-0.2, 0) is 0 Å². The van der Waals surface area contributed by atoms with Gasteiger partial charge in [-0.25, -0.2) is 13.2 Å². The summed E-state index contributed by atoms with van der Waals surface area (Å²) in [5.41, 5.74) is -24.6. The van der Waals surface area contributed by atoms with Crippen LogP contribution < -0.4 is 0 Å². The van der Waals surface area contributed by atoms with Crippen molar-refractivity contribution < 1.29 is 96.6 Å². The van der Waals surface area contributed by atoms with E-state index < -0.39 is 65.5 Å². The molecule has 1 unspecified atom stereocenters. The normalized spacial score (nSPS) is 17.6. The Kier molecular flexibility index (Phi) is 7.19. The first-order chi connectivity index (χ1) is 13.8. The molecule has 0 spiro atoms. The monoisotopic (exact) mass is 550 g/mol. The van der Waals surface area contributed by atoms with Gasteiger partial charge in [0.15, 0.2) is 11.4 Å². The van der Waals surface area contributed by atoms with Crippen LogP contribution in [0.1, 0.15) is 0 Å². The molecular formula is C11F22. The predicted molar refractivity (Wildman–Crippen MR) is 56.0 cm³/mol. The van der Waals surface area contributed by atoms with Gasteiger partial charge in [-0.3, -0.25) is 0 Å². The molecule has 33 heavy (non-hydrogen) atoms. The number of rotatable bonds is 4. The van der Waals surface area contributed by atoms with Crippen LogP contribution in [0.15, 0.2) is 11.4 Å². The third-order valence-corrected chi connectivity index (χ3v) is 3.54. The van der Waals surface area contributed by atoms with E-state index in [-0.39, 0.29) is 0 Å². The molecule has 0 aromatic heterocycles. The number of alkyl halides is 21. The van der Waals surface area contributed by atoms with Crippen molar-refractivity contribution in [1.29, 1.82) is 0 Å². The van der Waals surface area contributed by atoms with Gasteiger partial charge in [-0.05, 0) is 0 Å². The van der Waals surface area contributed by atoms with E-state index in [1.54, 1.807) is 0 Å². The standard InChI is InChI=1S/C11F22/c12-2(1(4(15,16)17)5(18,19)20)3(13,14)6(21,8(23,24)11(31,32)33)7(22,9(25,26)27)10(28,29)30. The van der Waals surface area contributed by atoms with E-state index in [4.69, 9.17) is 0 Å². The van der Waals surface area contributed by atoms with Crippen LogP contribution >= 0.6 is 0 Å². The molecule has 0 heterocycles. The van der Waals surface area contributed by atoms with E-state index >= 15 is 0 Å². The Labute approximate surface area is 163 Å². The summed E-state index contributed by atoms with van der Waals surface area (Å²) in [6, 6.07) is 0. The summed E-state index contributed by atoms with van der Waals surface area (Å²) in [7, 11) is 0. The van der Waals surface area contributed by atoms with Gasteiger partial charge < -0.3 is 0 Å². The summed E-state index contributed by atoms with van der Waals surface area (Å²) in [4.78, 5) is 0. The van der Waals surface area contributed by atoms with E-state index in [2.05, 4.69) is 0 Å². The average molecular weight is 550 g/mol. The zero-order valence-electron chi connectivity index (χ0n) is 13.8. The first-order valence-electron chi connectivity index (χ1n) is 6.66. The van der Waals surface area contributed by atoms with Gasteiger partial charge in [0.05, 0.1) is 0 Å². The molecule has 22 heteroatoms. The van der Waals surface area contributed by atoms with Gasteiger partial charge in [0.25, 0.3) is 0 Å². The van der Waals surface area contributed by atoms with Crippen molar-refractivity contribution in [3.05, 3.63) is 11.4 Å². The van der Waals surface area contributed by atoms with Gasteiger partial charge in [0.2, 0.25) is 0 Å². The van der Waals surface area contributed by atoms with Crippen molar-refractivity contribution in [3.63, 3.8) is 0 Å². The van der Waals surface area contributed by atoms with Gasteiger partial charge in [-0.2, -0.15) is 83.4 Å². The maximum absolute atomic E-state index is 14.2. The Hall–Kier alpha value is -1.80. The minimum atomic E-state index is -9.60. The lowest BCUT2D eigenvalue weighted by molar-refractivity contribution is -0.455. The third kappa shape index (κ3) is 4.36.